The molecule has 0 amide bonds. The van der Waals surface area contributed by atoms with E-state index in [2.05, 4.69) is 5.32 Å². The zero-order chi connectivity index (χ0) is 18.9. The Balaban J connectivity index is 2.54. The molecule has 1 aromatic carbocycles. The third-order valence-electron chi connectivity index (χ3n) is 3.85. The number of aliphatic hydroxyl groups is 1. The summed E-state index contributed by atoms with van der Waals surface area (Å²) in [6.45, 7) is 0.911. The number of halogens is 2. The normalized spacial score (nSPS) is 10.8. The van der Waals surface area contributed by atoms with Crippen molar-refractivity contribution < 1.29 is 15.0 Å². The molecule has 2 rings (SSSR count). The Morgan fingerprint density at radius 2 is 1.88 bits per heavy atom. The van der Waals surface area contributed by atoms with E-state index in [9.17, 15) is 25.3 Å². The van der Waals surface area contributed by atoms with Crippen molar-refractivity contribution in [3.05, 3.63) is 59.4 Å². The van der Waals surface area contributed by atoms with E-state index in [1.54, 1.807) is 17.7 Å². The molecule has 9 nitrogen and oxygen atoms in total. The maximum atomic E-state index is 11.4. The number of nitro groups is 2. The van der Waals surface area contributed by atoms with Crippen molar-refractivity contribution in [2.45, 2.75) is 20.1 Å². The molecule has 0 spiro atoms. The van der Waals surface area contributed by atoms with Crippen molar-refractivity contribution in [1.82, 2.24) is 4.57 Å². The average Bonchev–Trinajstić information content (AvgIpc) is 2.79. The van der Waals surface area contributed by atoms with Crippen molar-refractivity contribution >= 4 is 40.3 Å². The summed E-state index contributed by atoms with van der Waals surface area (Å²) in [6.07, 6.45) is 0. The Morgan fingerprint density at radius 3 is 2.32 bits per heavy atom. The van der Waals surface area contributed by atoms with Gasteiger partial charge in [-0.05, 0) is 18.6 Å². The van der Waals surface area contributed by atoms with Gasteiger partial charge >= 0.3 is 5.69 Å². The molecule has 0 bridgehead atoms. The Morgan fingerprint density at radius 1 is 1.24 bits per heavy atom. The fraction of sp³-hybridized carbons (Fsp3) is 0.286. The topological polar surface area (TPSA) is 123 Å². The maximum absolute atomic E-state index is 11.4. The van der Waals surface area contributed by atoms with E-state index in [0.717, 1.165) is 6.07 Å². The summed E-state index contributed by atoms with van der Waals surface area (Å²) < 4.78 is 1.56. The molecule has 1 heterocycles. The largest absolute Gasteiger partial charge is 0.392 e. The molecule has 0 aliphatic heterocycles. The van der Waals surface area contributed by atoms with E-state index in [4.69, 9.17) is 23.2 Å². The van der Waals surface area contributed by atoms with Crippen molar-refractivity contribution in [2.24, 2.45) is 7.05 Å². The van der Waals surface area contributed by atoms with Gasteiger partial charge in [0.05, 0.1) is 28.0 Å². The van der Waals surface area contributed by atoms with Gasteiger partial charge in [-0.1, -0.05) is 23.2 Å². The highest BCUT2D eigenvalue weighted by molar-refractivity contribution is 6.41. The van der Waals surface area contributed by atoms with Crippen LogP contribution in [0.3, 0.4) is 0 Å². The van der Waals surface area contributed by atoms with Crippen LogP contribution in [0.5, 0.6) is 0 Å². The molecule has 0 aliphatic rings. The molecule has 0 fully saturated rings. The van der Waals surface area contributed by atoms with Crippen molar-refractivity contribution in [2.75, 3.05) is 5.32 Å². The number of hydrogen-bond donors (Lipinski definition) is 2. The zero-order valence-corrected chi connectivity index (χ0v) is 14.8. The smallest absolute Gasteiger partial charge is 0.302 e. The van der Waals surface area contributed by atoms with Crippen LogP contribution in [-0.4, -0.2) is 19.5 Å². The molecule has 25 heavy (non-hydrogen) atoms. The van der Waals surface area contributed by atoms with Crippen LogP contribution < -0.4 is 5.32 Å². The molecule has 0 aliphatic carbocycles. The van der Waals surface area contributed by atoms with E-state index >= 15 is 0 Å². The van der Waals surface area contributed by atoms with Gasteiger partial charge in [0.25, 0.3) is 5.69 Å². The van der Waals surface area contributed by atoms with E-state index in [1.165, 1.54) is 6.92 Å². The summed E-state index contributed by atoms with van der Waals surface area (Å²) in [4.78, 5) is 21.3. The number of nitrogens with zero attached hydrogens (tertiary/aromatic N) is 3. The van der Waals surface area contributed by atoms with Gasteiger partial charge in [-0.15, -0.1) is 0 Å². The summed E-state index contributed by atoms with van der Waals surface area (Å²) >= 11 is 11.9. The van der Waals surface area contributed by atoms with Crippen LogP contribution in [0.2, 0.25) is 10.2 Å². The molecule has 11 heteroatoms. The van der Waals surface area contributed by atoms with Gasteiger partial charge < -0.3 is 15.0 Å². The van der Waals surface area contributed by atoms with Crippen LogP contribution >= 0.6 is 23.2 Å². The number of benzene rings is 1. The minimum atomic E-state index is -0.737. The second-order valence-electron chi connectivity index (χ2n) is 5.26. The first-order valence-electron chi connectivity index (χ1n) is 6.98. The van der Waals surface area contributed by atoms with Crippen LogP contribution in [0.25, 0.3) is 0 Å². The molecular weight excluding hydrogens is 375 g/mol. The van der Waals surface area contributed by atoms with Crippen LogP contribution in [0.15, 0.2) is 12.1 Å². The van der Waals surface area contributed by atoms with Gasteiger partial charge in [0.2, 0.25) is 0 Å². The van der Waals surface area contributed by atoms with Gasteiger partial charge in [0.1, 0.15) is 5.15 Å². The first-order valence-corrected chi connectivity index (χ1v) is 7.74. The van der Waals surface area contributed by atoms with Gasteiger partial charge in [0.15, 0.2) is 5.69 Å². The Labute approximate surface area is 152 Å². The molecule has 0 unspecified atom stereocenters. The first kappa shape index (κ1) is 19.0. The Kier molecular flexibility index (Phi) is 5.51. The monoisotopic (exact) mass is 388 g/mol. The summed E-state index contributed by atoms with van der Waals surface area (Å²) in [5.74, 6) is 0. The number of hydrogen-bond acceptors (Lipinski definition) is 6. The van der Waals surface area contributed by atoms with Crippen LogP contribution in [0.4, 0.5) is 17.1 Å². The minimum Gasteiger partial charge on any atom is -0.392 e. The zero-order valence-electron chi connectivity index (χ0n) is 13.2. The van der Waals surface area contributed by atoms with Crippen LogP contribution in [0, 0.1) is 27.2 Å². The van der Waals surface area contributed by atoms with E-state index in [1.807, 2.05) is 0 Å². The number of nitro benzene ring substituents is 2. The first-order chi connectivity index (χ1) is 11.7. The van der Waals surface area contributed by atoms with E-state index < -0.39 is 27.8 Å². The number of nitrogens with one attached hydrogen (secondary N) is 1. The van der Waals surface area contributed by atoms with Gasteiger partial charge in [0, 0.05) is 24.4 Å². The summed E-state index contributed by atoms with van der Waals surface area (Å²) in [6, 6.07) is 2.68. The molecule has 0 atom stereocenters. The van der Waals surface area contributed by atoms with Gasteiger partial charge in [-0.25, -0.2) is 0 Å². The Hall–Kier alpha value is -2.36. The fourth-order valence-corrected chi connectivity index (χ4v) is 2.87. The number of aliphatic hydroxyl groups excluding tert-OH is 1. The predicted molar refractivity (Wildman–Crippen MR) is 93.2 cm³/mol. The minimum absolute atomic E-state index is 0.0303. The van der Waals surface area contributed by atoms with Gasteiger partial charge in [-0.2, -0.15) is 0 Å². The van der Waals surface area contributed by atoms with Crippen molar-refractivity contribution in [3.8, 4) is 0 Å². The lowest BCUT2D eigenvalue weighted by Crippen LogP contribution is -2.10. The SMILES string of the molecule is Cc1c(CO)cc([N+](=O)[O-])c(NCc2cc(Cl)c(Cl)n2C)c1[N+](=O)[O-]. The fourth-order valence-electron chi connectivity index (χ4n) is 2.45. The number of rotatable bonds is 6. The third kappa shape index (κ3) is 3.53. The predicted octanol–water partition coefficient (Wildman–Crippen LogP) is 3.56. The third-order valence-corrected chi connectivity index (χ3v) is 4.69. The highest BCUT2D eigenvalue weighted by Gasteiger charge is 2.30. The lowest BCUT2D eigenvalue weighted by molar-refractivity contribution is -0.392. The second kappa shape index (κ2) is 7.26. The van der Waals surface area contributed by atoms with Crippen LogP contribution in [-0.2, 0) is 20.2 Å². The number of aromatic nitrogens is 1. The molecule has 0 radical (unpaired) electrons. The summed E-state index contributed by atoms with van der Waals surface area (Å²) in [5, 5.41) is 35.4. The van der Waals surface area contributed by atoms with Crippen molar-refractivity contribution in [3.63, 3.8) is 0 Å². The lowest BCUT2D eigenvalue weighted by Gasteiger charge is -2.12. The standard InChI is InChI=1S/C14H14Cl2N4O5/c1-7-8(6-21)3-11(19(22)23)12(13(7)20(24)25)17-5-9-4-10(15)14(16)18(9)2/h3-4,17,21H,5-6H2,1-2H3. The van der Waals surface area contributed by atoms with Crippen molar-refractivity contribution in [1.29, 1.82) is 0 Å². The molecule has 2 N–H and O–H groups in total. The molecule has 134 valence electrons. The Bertz CT molecular complexity index is 866. The lowest BCUT2D eigenvalue weighted by atomic mass is 10.0. The number of anilines is 1. The van der Waals surface area contributed by atoms with Gasteiger partial charge in [-0.3, -0.25) is 20.2 Å². The summed E-state index contributed by atoms with van der Waals surface area (Å²) in [7, 11) is 1.65. The van der Waals surface area contributed by atoms with E-state index in [-0.39, 0.29) is 28.5 Å². The highest BCUT2D eigenvalue weighted by atomic mass is 35.5. The maximum Gasteiger partial charge on any atom is 0.302 e. The van der Waals surface area contributed by atoms with E-state index in [0.29, 0.717) is 10.7 Å². The average molecular weight is 389 g/mol. The quantitative estimate of drug-likeness (QED) is 0.575. The molecular formula is C14H14Cl2N4O5. The molecule has 0 saturated carbocycles. The highest BCUT2D eigenvalue weighted by Crippen LogP contribution is 2.39. The molecule has 2 aromatic rings. The summed E-state index contributed by atoms with van der Waals surface area (Å²) in [5.41, 5.74) is -0.324. The second-order valence-corrected chi connectivity index (χ2v) is 6.03. The molecule has 1 aromatic heterocycles. The molecule has 0 saturated heterocycles. The van der Waals surface area contributed by atoms with Crippen LogP contribution in [0.1, 0.15) is 16.8 Å².